The Kier molecular flexibility index (Phi) is 5.25. The third kappa shape index (κ3) is 3.55. The Hall–Kier alpha value is -3.55. The molecule has 140 valence electrons. The second kappa shape index (κ2) is 7.77. The average Bonchev–Trinajstić information content (AvgIpc) is 2.70. The van der Waals surface area contributed by atoms with E-state index in [0.717, 1.165) is 0 Å². The lowest BCUT2D eigenvalue weighted by molar-refractivity contribution is 0.0458. The van der Waals surface area contributed by atoms with E-state index in [1.165, 1.54) is 27.4 Å². The second-order valence-corrected chi connectivity index (χ2v) is 5.49. The summed E-state index contributed by atoms with van der Waals surface area (Å²) in [5.41, 5.74) is 0.393. The number of aromatic amines is 1. The Labute approximate surface area is 154 Å². The highest BCUT2D eigenvalue weighted by Gasteiger charge is 2.22. The predicted octanol–water partition coefficient (Wildman–Crippen LogP) is 2.31. The van der Waals surface area contributed by atoms with E-state index >= 15 is 0 Å². The summed E-state index contributed by atoms with van der Waals surface area (Å²) in [6, 6.07) is 10.0. The number of hydrogen-bond acceptors (Lipinski definition) is 7. The number of carbonyl (C=O) groups is 1. The highest BCUT2D eigenvalue weighted by atomic mass is 16.5. The molecule has 0 amide bonds. The van der Waals surface area contributed by atoms with Crippen LogP contribution in [-0.2, 0) is 11.3 Å². The van der Waals surface area contributed by atoms with Gasteiger partial charge in [0, 0.05) is 0 Å². The maximum absolute atomic E-state index is 12.5. The molecule has 0 unspecified atom stereocenters. The molecule has 1 aromatic heterocycles. The van der Waals surface area contributed by atoms with Crippen LogP contribution in [0.5, 0.6) is 17.2 Å². The Bertz CT molecular complexity index is 1040. The number of benzene rings is 2. The molecule has 27 heavy (non-hydrogen) atoms. The van der Waals surface area contributed by atoms with Gasteiger partial charge in [0.25, 0.3) is 5.56 Å². The molecule has 0 saturated heterocycles. The molecule has 0 bridgehead atoms. The molecule has 1 N–H and O–H groups in total. The van der Waals surface area contributed by atoms with Gasteiger partial charge < -0.3 is 23.9 Å². The van der Waals surface area contributed by atoms with Crippen LogP contribution in [0.25, 0.3) is 10.9 Å². The standard InChI is InChI=1S/C19H18N2O6/c1-24-14-9-8-12(16(25-2)17(14)26-3)19(23)27-10-15-20-13-7-5-4-6-11(13)18(22)21-15/h4-9H,10H2,1-3H3,(H,20,21,22). The van der Waals surface area contributed by atoms with E-state index in [0.29, 0.717) is 16.7 Å². The molecule has 8 nitrogen and oxygen atoms in total. The van der Waals surface area contributed by atoms with Crippen molar-refractivity contribution in [1.82, 2.24) is 9.97 Å². The fraction of sp³-hybridized carbons (Fsp3) is 0.211. The summed E-state index contributed by atoms with van der Waals surface area (Å²) in [5.74, 6) is 0.495. The van der Waals surface area contributed by atoms with Crippen LogP contribution in [0.2, 0.25) is 0 Å². The molecule has 0 radical (unpaired) electrons. The van der Waals surface area contributed by atoms with Crippen LogP contribution in [0.1, 0.15) is 16.2 Å². The second-order valence-electron chi connectivity index (χ2n) is 5.49. The van der Waals surface area contributed by atoms with Gasteiger partial charge in [-0.2, -0.15) is 0 Å². The van der Waals surface area contributed by atoms with Crippen LogP contribution in [0.15, 0.2) is 41.2 Å². The van der Waals surface area contributed by atoms with Crippen molar-refractivity contribution in [3.8, 4) is 17.2 Å². The lowest BCUT2D eigenvalue weighted by Crippen LogP contribution is -2.15. The van der Waals surface area contributed by atoms with E-state index in [9.17, 15) is 9.59 Å². The van der Waals surface area contributed by atoms with Gasteiger partial charge in [-0.05, 0) is 24.3 Å². The maximum Gasteiger partial charge on any atom is 0.342 e. The zero-order chi connectivity index (χ0) is 19.4. The van der Waals surface area contributed by atoms with Gasteiger partial charge in [0.2, 0.25) is 5.75 Å². The molecule has 2 aromatic carbocycles. The predicted molar refractivity (Wildman–Crippen MR) is 97.6 cm³/mol. The van der Waals surface area contributed by atoms with Crippen LogP contribution in [0, 0.1) is 0 Å². The van der Waals surface area contributed by atoms with Gasteiger partial charge in [-0.25, -0.2) is 9.78 Å². The Balaban J connectivity index is 1.85. The first-order valence-corrected chi connectivity index (χ1v) is 8.03. The zero-order valence-electron chi connectivity index (χ0n) is 15.1. The maximum atomic E-state index is 12.5. The van der Waals surface area contributed by atoms with E-state index in [-0.39, 0.29) is 35.1 Å². The SMILES string of the molecule is COc1ccc(C(=O)OCc2nc3ccccc3c(=O)[nH]2)c(OC)c1OC. The smallest absolute Gasteiger partial charge is 0.342 e. The number of para-hydroxylation sites is 1. The molecule has 0 spiro atoms. The van der Waals surface area contributed by atoms with E-state index < -0.39 is 5.97 Å². The highest BCUT2D eigenvalue weighted by Crippen LogP contribution is 2.39. The Morgan fingerprint density at radius 3 is 2.44 bits per heavy atom. The third-order valence-electron chi connectivity index (χ3n) is 3.93. The minimum Gasteiger partial charge on any atom is -0.493 e. The molecule has 8 heteroatoms. The van der Waals surface area contributed by atoms with Crippen LogP contribution in [-0.4, -0.2) is 37.3 Å². The summed E-state index contributed by atoms with van der Waals surface area (Å²) in [5, 5.41) is 0.467. The van der Waals surface area contributed by atoms with E-state index in [4.69, 9.17) is 18.9 Å². The topological polar surface area (TPSA) is 99.7 Å². The summed E-state index contributed by atoms with van der Waals surface area (Å²) >= 11 is 0. The first-order chi connectivity index (χ1) is 13.1. The average molecular weight is 370 g/mol. The molecule has 0 saturated carbocycles. The molecule has 1 heterocycles. The quantitative estimate of drug-likeness (QED) is 0.665. The summed E-state index contributed by atoms with van der Waals surface area (Å²) < 4.78 is 21.0. The van der Waals surface area contributed by atoms with Crippen LogP contribution < -0.4 is 19.8 Å². The van der Waals surface area contributed by atoms with Crippen LogP contribution in [0.3, 0.4) is 0 Å². The number of nitrogens with one attached hydrogen (secondary N) is 1. The first-order valence-electron chi connectivity index (χ1n) is 8.03. The van der Waals surface area contributed by atoms with Gasteiger partial charge in [-0.15, -0.1) is 0 Å². The molecule has 3 aromatic rings. The minimum atomic E-state index is -0.649. The zero-order valence-corrected chi connectivity index (χ0v) is 15.1. The molecular weight excluding hydrogens is 352 g/mol. The number of H-pyrrole nitrogens is 1. The Morgan fingerprint density at radius 1 is 1.00 bits per heavy atom. The van der Waals surface area contributed by atoms with Gasteiger partial charge >= 0.3 is 5.97 Å². The highest BCUT2D eigenvalue weighted by molar-refractivity contribution is 5.94. The fourth-order valence-electron chi connectivity index (χ4n) is 2.68. The van der Waals surface area contributed by atoms with Crippen molar-refractivity contribution < 1.29 is 23.7 Å². The molecule has 0 fully saturated rings. The number of esters is 1. The van der Waals surface area contributed by atoms with Gasteiger partial charge in [-0.3, -0.25) is 4.79 Å². The number of methoxy groups -OCH3 is 3. The monoisotopic (exact) mass is 370 g/mol. The van der Waals surface area contributed by atoms with E-state index in [1.54, 1.807) is 30.3 Å². The molecule has 3 rings (SSSR count). The summed E-state index contributed by atoms with van der Waals surface area (Å²) in [6.07, 6.45) is 0. The molecule has 0 aliphatic heterocycles. The summed E-state index contributed by atoms with van der Waals surface area (Å²) in [6.45, 7) is -0.198. The lowest BCUT2D eigenvalue weighted by Gasteiger charge is -2.15. The number of hydrogen-bond donors (Lipinski definition) is 1. The minimum absolute atomic E-state index is 0.165. The number of rotatable bonds is 6. The van der Waals surface area contributed by atoms with Crippen molar-refractivity contribution in [2.75, 3.05) is 21.3 Å². The number of aromatic nitrogens is 2. The molecular formula is C19H18N2O6. The largest absolute Gasteiger partial charge is 0.493 e. The first kappa shape index (κ1) is 18.2. The number of fused-ring (bicyclic) bond motifs is 1. The van der Waals surface area contributed by atoms with Crippen molar-refractivity contribution >= 4 is 16.9 Å². The Morgan fingerprint density at radius 2 is 1.74 bits per heavy atom. The number of ether oxygens (including phenoxy) is 4. The number of carbonyl (C=O) groups excluding carboxylic acids is 1. The molecule has 0 aliphatic carbocycles. The van der Waals surface area contributed by atoms with Crippen molar-refractivity contribution in [1.29, 1.82) is 0 Å². The van der Waals surface area contributed by atoms with E-state index in [2.05, 4.69) is 9.97 Å². The normalized spacial score (nSPS) is 10.5. The van der Waals surface area contributed by atoms with Gasteiger partial charge in [0.15, 0.2) is 11.5 Å². The fourth-order valence-corrected chi connectivity index (χ4v) is 2.68. The van der Waals surface area contributed by atoms with Crippen molar-refractivity contribution in [2.24, 2.45) is 0 Å². The molecule has 0 atom stereocenters. The number of nitrogens with zero attached hydrogens (tertiary/aromatic N) is 1. The summed E-state index contributed by atoms with van der Waals surface area (Å²) in [4.78, 5) is 31.5. The third-order valence-corrected chi connectivity index (χ3v) is 3.93. The molecule has 0 aliphatic rings. The lowest BCUT2D eigenvalue weighted by atomic mass is 10.1. The van der Waals surface area contributed by atoms with Crippen molar-refractivity contribution in [2.45, 2.75) is 6.61 Å². The van der Waals surface area contributed by atoms with Gasteiger partial charge in [0.1, 0.15) is 18.0 Å². The van der Waals surface area contributed by atoms with Crippen molar-refractivity contribution in [3.63, 3.8) is 0 Å². The van der Waals surface area contributed by atoms with Crippen LogP contribution >= 0.6 is 0 Å². The van der Waals surface area contributed by atoms with Gasteiger partial charge in [-0.1, -0.05) is 12.1 Å². The van der Waals surface area contributed by atoms with Gasteiger partial charge in [0.05, 0.1) is 32.2 Å². The summed E-state index contributed by atoms with van der Waals surface area (Å²) in [7, 11) is 4.34. The van der Waals surface area contributed by atoms with Crippen LogP contribution in [0.4, 0.5) is 0 Å². The van der Waals surface area contributed by atoms with Crippen molar-refractivity contribution in [3.05, 3.63) is 58.1 Å². The van der Waals surface area contributed by atoms with E-state index in [1.807, 2.05) is 0 Å².